The predicted molar refractivity (Wildman–Crippen MR) is 94.7 cm³/mol. The maximum absolute atomic E-state index is 13.7. The summed E-state index contributed by atoms with van der Waals surface area (Å²) in [5.74, 6) is -1.92. The molecule has 0 bridgehead atoms. The SMILES string of the molecule is CCOC(=O)[C@@]1(CN)[C@@H](c2cccc(F)c2)[C@@H]1S(=O)(=O)c1ccccc1. The van der Waals surface area contributed by atoms with E-state index in [1.165, 1.54) is 30.3 Å². The van der Waals surface area contributed by atoms with Crippen molar-refractivity contribution >= 4 is 15.8 Å². The van der Waals surface area contributed by atoms with E-state index in [4.69, 9.17) is 10.5 Å². The van der Waals surface area contributed by atoms with Gasteiger partial charge in [0.15, 0.2) is 9.84 Å². The molecule has 0 saturated heterocycles. The molecule has 2 aromatic carbocycles. The second-order valence-corrected chi connectivity index (χ2v) is 8.35. The van der Waals surface area contributed by atoms with Gasteiger partial charge in [0, 0.05) is 12.5 Å². The number of hydrogen-bond acceptors (Lipinski definition) is 5. The van der Waals surface area contributed by atoms with Crippen molar-refractivity contribution in [3.8, 4) is 0 Å². The number of ether oxygens (including phenoxy) is 1. The molecule has 26 heavy (non-hydrogen) atoms. The third-order valence-corrected chi connectivity index (χ3v) is 7.15. The smallest absolute Gasteiger partial charge is 0.315 e. The molecule has 0 heterocycles. The molecule has 1 aliphatic carbocycles. The van der Waals surface area contributed by atoms with Crippen LogP contribution in [0.15, 0.2) is 59.5 Å². The van der Waals surface area contributed by atoms with Gasteiger partial charge in [-0.05, 0) is 36.8 Å². The summed E-state index contributed by atoms with van der Waals surface area (Å²) < 4.78 is 45.2. The molecule has 0 amide bonds. The maximum Gasteiger partial charge on any atom is 0.315 e. The van der Waals surface area contributed by atoms with Crippen LogP contribution in [0.3, 0.4) is 0 Å². The lowest BCUT2D eigenvalue weighted by molar-refractivity contribution is -0.149. The maximum atomic E-state index is 13.7. The van der Waals surface area contributed by atoms with Gasteiger partial charge in [-0.3, -0.25) is 4.79 Å². The van der Waals surface area contributed by atoms with Gasteiger partial charge in [-0.1, -0.05) is 30.3 Å². The molecule has 1 saturated carbocycles. The number of carbonyl (C=O) groups excluding carboxylic acids is 1. The Bertz CT molecular complexity index is 916. The minimum atomic E-state index is -3.86. The predicted octanol–water partition coefficient (Wildman–Crippen LogP) is 2.27. The molecule has 2 N–H and O–H groups in total. The molecule has 7 heteroatoms. The van der Waals surface area contributed by atoms with E-state index in [1.807, 2.05) is 0 Å². The van der Waals surface area contributed by atoms with Gasteiger partial charge >= 0.3 is 5.97 Å². The van der Waals surface area contributed by atoms with Crippen LogP contribution in [-0.2, 0) is 19.4 Å². The zero-order chi connectivity index (χ0) is 18.9. The van der Waals surface area contributed by atoms with Crippen molar-refractivity contribution in [1.82, 2.24) is 0 Å². The minimum Gasteiger partial charge on any atom is -0.465 e. The first-order valence-electron chi connectivity index (χ1n) is 8.31. The molecular formula is C19H20FNO4S. The van der Waals surface area contributed by atoms with Gasteiger partial charge in [0.25, 0.3) is 0 Å². The summed E-state index contributed by atoms with van der Waals surface area (Å²) >= 11 is 0. The van der Waals surface area contributed by atoms with E-state index in [0.29, 0.717) is 5.56 Å². The molecule has 0 radical (unpaired) electrons. The van der Waals surface area contributed by atoms with Gasteiger partial charge in [0.2, 0.25) is 0 Å². The first-order chi connectivity index (χ1) is 12.4. The topological polar surface area (TPSA) is 86.5 Å². The van der Waals surface area contributed by atoms with E-state index in [9.17, 15) is 17.6 Å². The third-order valence-electron chi connectivity index (χ3n) is 4.86. The summed E-state index contributed by atoms with van der Waals surface area (Å²) in [4.78, 5) is 12.8. The zero-order valence-electron chi connectivity index (χ0n) is 14.3. The van der Waals surface area contributed by atoms with Crippen molar-refractivity contribution in [2.24, 2.45) is 11.1 Å². The summed E-state index contributed by atoms with van der Waals surface area (Å²) in [6, 6.07) is 13.5. The van der Waals surface area contributed by atoms with Crippen LogP contribution in [0, 0.1) is 11.2 Å². The molecule has 2 aromatic rings. The molecule has 3 atom stereocenters. The number of nitrogens with two attached hydrogens (primary N) is 1. The Labute approximate surface area is 151 Å². The zero-order valence-corrected chi connectivity index (χ0v) is 15.1. The summed E-state index contributed by atoms with van der Waals surface area (Å²) in [6.07, 6.45) is 0. The molecule has 0 aliphatic heterocycles. The van der Waals surface area contributed by atoms with E-state index in [2.05, 4.69) is 0 Å². The highest BCUT2D eigenvalue weighted by Gasteiger charge is 2.75. The number of benzene rings is 2. The lowest BCUT2D eigenvalue weighted by atomic mass is 9.99. The van der Waals surface area contributed by atoms with Crippen molar-refractivity contribution in [3.05, 3.63) is 66.0 Å². The molecular weight excluding hydrogens is 357 g/mol. The Hall–Kier alpha value is -2.25. The van der Waals surface area contributed by atoms with E-state index >= 15 is 0 Å². The number of hydrogen-bond donors (Lipinski definition) is 1. The molecule has 3 rings (SSSR count). The quantitative estimate of drug-likeness (QED) is 0.781. The number of sulfone groups is 1. The Morgan fingerprint density at radius 2 is 1.88 bits per heavy atom. The fourth-order valence-corrected chi connectivity index (χ4v) is 6.03. The normalized spacial score (nSPS) is 24.9. The summed E-state index contributed by atoms with van der Waals surface area (Å²) in [7, 11) is -3.86. The Kier molecular flexibility index (Phi) is 4.86. The van der Waals surface area contributed by atoms with Crippen molar-refractivity contribution in [3.63, 3.8) is 0 Å². The van der Waals surface area contributed by atoms with Crippen molar-refractivity contribution < 1.29 is 22.3 Å². The highest BCUT2D eigenvalue weighted by Crippen LogP contribution is 2.64. The second-order valence-electron chi connectivity index (χ2n) is 6.28. The average Bonchev–Trinajstić information content (AvgIpc) is 3.34. The van der Waals surface area contributed by atoms with Gasteiger partial charge in [0.1, 0.15) is 11.2 Å². The van der Waals surface area contributed by atoms with Crippen LogP contribution in [-0.4, -0.2) is 32.8 Å². The second kappa shape index (κ2) is 6.81. The van der Waals surface area contributed by atoms with Gasteiger partial charge in [-0.2, -0.15) is 0 Å². The molecule has 0 aromatic heterocycles. The largest absolute Gasteiger partial charge is 0.465 e. The monoisotopic (exact) mass is 377 g/mol. The molecule has 0 spiro atoms. The first-order valence-corrected chi connectivity index (χ1v) is 9.86. The highest BCUT2D eigenvalue weighted by atomic mass is 32.2. The van der Waals surface area contributed by atoms with Crippen molar-refractivity contribution in [1.29, 1.82) is 0 Å². The fraction of sp³-hybridized carbons (Fsp3) is 0.316. The lowest BCUT2D eigenvalue weighted by Crippen LogP contribution is -2.33. The molecule has 0 unspecified atom stereocenters. The van der Waals surface area contributed by atoms with Gasteiger partial charge in [-0.25, -0.2) is 12.8 Å². The Balaban J connectivity index is 2.13. The Morgan fingerprint density at radius 1 is 1.19 bits per heavy atom. The first kappa shape index (κ1) is 18.5. The summed E-state index contributed by atoms with van der Waals surface area (Å²) in [6.45, 7) is 1.54. The van der Waals surface area contributed by atoms with Crippen molar-refractivity contribution in [2.75, 3.05) is 13.2 Å². The van der Waals surface area contributed by atoms with Crippen LogP contribution >= 0.6 is 0 Å². The van der Waals surface area contributed by atoms with E-state index < -0.39 is 38.2 Å². The average molecular weight is 377 g/mol. The molecule has 5 nitrogen and oxygen atoms in total. The van der Waals surface area contributed by atoms with E-state index in [1.54, 1.807) is 31.2 Å². The van der Waals surface area contributed by atoms with Gasteiger partial charge < -0.3 is 10.5 Å². The van der Waals surface area contributed by atoms with Crippen LogP contribution in [0.25, 0.3) is 0 Å². The van der Waals surface area contributed by atoms with Crippen LogP contribution in [0.2, 0.25) is 0 Å². The summed E-state index contributed by atoms with van der Waals surface area (Å²) in [5.41, 5.74) is 4.88. The number of halogens is 1. The number of esters is 1. The minimum absolute atomic E-state index is 0.103. The molecule has 1 aliphatic rings. The molecule has 138 valence electrons. The van der Waals surface area contributed by atoms with Crippen LogP contribution in [0.4, 0.5) is 4.39 Å². The highest BCUT2D eigenvalue weighted by molar-refractivity contribution is 7.92. The standard InChI is InChI=1S/C19H20FNO4S/c1-2-25-18(22)19(12-21)16(13-7-6-8-14(20)11-13)17(19)26(23,24)15-9-4-3-5-10-15/h3-11,16-17H,2,12,21H2,1H3/t16-,17-,19-/m0/s1. The fourth-order valence-electron chi connectivity index (χ4n) is 3.62. The van der Waals surface area contributed by atoms with Crippen LogP contribution in [0.1, 0.15) is 18.4 Å². The Morgan fingerprint density at radius 3 is 2.46 bits per heavy atom. The van der Waals surface area contributed by atoms with Gasteiger partial charge in [0.05, 0.1) is 16.8 Å². The van der Waals surface area contributed by atoms with Gasteiger partial charge in [-0.15, -0.1) is 0 Å². The van der Waals surface area contributed by atoms with Crippen molar-refractivity contribution in [2.45, 2.75) is 23.0 Å². The third kappa shape index (κ3) is 2.81. The van der Waals surface area contributed by atoms with E-state index in [-0.39, 0.29) is 18.0 Å². The number of carbonyl (C=O) groups is 1. The summed E-state index contributed by atoms with van der Waals surface area (Å²) in [5, 5.41) is -1.09. The molecule has 1 fully saturated rings. The number of rotatable bonds is 6. The van der Waals surface area contributed by atoms with Crippen LogP contribution in [0.5, 0.6) is 0 Å². The van der Waals surface area contributed by atoms with E-state index in [0.717, 1.165) is 0 Å². The van der Waals surface area contributed by atoms with Crippen LogP contribution < -0.4 is 5.73 Å². The lowest BCUT2D eigenvalue weighted by Gasteiger charge is -2.14.